The molecule has 0 amide bonds. The average Bonchev–Trinajstić information content (AvgIpc) is 2.87. The molecule has 0 atom stereocenters. The van der Waals surface area contributed by atoms with Crippen LogP contribution in [-0.4, -0.2) is 19.2 Å². The zero-order chi connectivity index (χ0) is 24.9. The second-order valence-electron chi connectivity index (χ2n) is 9.73. The van der Waals surface area contributed by atoms with Crippen molar-refractivity contribution in [1.29, 1.82) is 0 Å². The van der Waals surface area contributed by atoms with E-state index in [2.05, 4.69) is 13.8 Å². The Kier molecular flexibility index (Phi) is 11.4. The molecule has 5 heteroatoms. The van der Waals surface area contributed by atoms with Crippen molar-refractivity contribution in [3.05, 3.63) is 53.8 Å². The number of esters is 1. The Hall–Kier alpha value is -2.56. The van der Waals surface area contributed by atoms with Crippen LogP contribution >= 0.6 is 0 Å². The highest BCUT2D eigenvalue weighted by atomic mass is 19.1. The van der Waals surface area contributed by atoms with Gasteiger partial charge in [-0.2, -0.15) is 0 Å². The van der Waals surface area contributed by atoms with Crippen molar-refractivity contribution in [2.45, 2.75) is 84.5 Å². The second kappa shape index (κ2) is 14.8. The molecule has 2 aromatic rings. The fraction of sp³-hybridized carbons (Fsp3) is 0.567. The molecule has 1 aliphatic rings. The van der Waals surface area contributed by atoms with E-state index >= 15 is 0 Å². The first-order valence-corrected chi connectivity index (χ1v) is 13.5. The van der Waals surface area contributed by atoms with Gasteiger partial charge < -0.3 is 14.2 Å². The van der Waals surface area contributed by atoms with E-state index in [1.165, 1.54) is 57.1 Å². The van der Waals surface area contributed by atoms with E-state index in [4.69, 9.17) is 14.2 Å². The Labute approximate surface area is 210 Å². The number of carbonyl (C=O) groups is 1. The van der Waals surface area contributed by atoms with Gasteiger partial charge in [-0.3, -0.25) is 0 Å². The van der Waals surface area contributed by atoms with Crippen molar-refractivity contribution in [2.24, 2.45) is 11.8 Å². The lowest BCUT2D eigenvalue weighted by Crippen LogP contribution is -2.15. The fourth-order valence-corrected chi connectivity index (χ4v) is 4.83. The monoisotopic (exact) mass is 484 g/mol. The van der Waals surface area contributed by atoms with Crippen molar-refractivity contribution in [3.63, 3.8) is 0 Å². The Morgan fingerprint density at radius 2 is 1.46 bits per heavy atom. The molecule has 4 nitrogen and oxygen atoms in total. The maximum absolute atomic E-state index is 14.3. The minimum atomic E-state index is -0.608. The third kappa shape index (κ3) is 9.19. The topological polar surface area (TPSA) is 44.8 Å². The molecule has 192 valence electrons. The SMILES string of the molecule is CCCCCOc1ccc(C(=O)Oc2ccc(OCCC[C@H]3CC[C@H](CCC)CC3)cc2)cc1F. The molecule has 0 bridgehead atoms. The van der Waals surface area contributed by atoms with E-state index < -0.39 is 11.8 Å². The van der Waals surface area contributed by atoms with Gasteiger partial charge in [0.15, 0.2) is 11.6 Å². The molecule has 0 unspecified atom stereocenters. The smallest absolute Gasteiger partial charge is 0.343 e. The molecule has 1 aliphatic carbocycles. The average molecular weight is 485 g/mol. The van der Waals surface area contributed by atoms with E-state index in [-0.39, 0.29) is 11.3 Å². The molecule has 0 saturated heterocycles. The molecule has 0 aliphatic heterocycles. The van der Waals surface area contributed by atoms with Crippen molar-refractivity contribution < 1.29 is 23.4 Å². The van der Waals surface area contributed by atoms with Crippen LogP contribution in [0.3, 0.4) is 0 Å². The van der Waals surface area contributed by atoms with Gasteiger partial charge in [0.05, 0.1) is 18.8 Å². The molecule has 0 heterocycles. The van der Waals surface area contributed by atoms with Crippen LogP contribution in [0.25, 0.3) is 0 Å². The normalized spacial score (nSPS) is 17.7. The summed E-state index contributed by atoms with van der Waals surface area (Å²) in [6.07, 6.45) is 13.5. The van der Waals surface area contributed by atoms with Crippen LogP contribution in [0.5, 0.6) is 17.2 Å². The van der Waals surface area contributed by atoms with Crippen molar-refractivity contribution in [2.75, 3.05) is 13.2 Å². The number of carbonyl (C=O) groups excluding carboxylic acids is 1. The number of ether oxygens (including phenoxy) is 3. The summed E-state index contributed by atoms with van der Waals surface area (Å²) in [6, 6.07) is 11.2. The summed E-state index contributed by atoms with van der Waals surface area (Å²) in [5.74, 6) is 1.94. The Bertz CT molecular complexity index is 888. The Morgan fingerprint density at radius 3 is 2.11 bits per heavy atom. The van der Waals surface area contributed by atoms with Gasteiger partial charge in [0.2, 0.25) is 0 Å². The molecule has 35 heavy (non-hydrogen) atoms. The van der Waals surface area contributed by atoms with E-state index in [0.717, 1.165) is 49.3 Å². The van der Waals surface area contributed by atoms with E-state index in [1.54, 1.807) is 24.3 Å². The quantitative estimate of drug-likeness (QED) is 0.153. The lowest BCUT2D eigenvalue weighted by Gasteiger charge is -2.28. The van der Waals surface area contributed by atoms with E-state index in [1.807, 2.05) is 0 Å². The fourth-order valence-electron chi connectivity index (χ4n) is 4.83. The van der Waals surface area contributed by atoms with Gasteiger partial charge >= 0.3 is 5.97 Å². The Morgan fingerprint density at radius 1 is 0.800 bits per heavy atom. The zero-order valence-corrected chi connectivity index (χ0v) is 21.4. The molecule has 0 aromatic heterocycles. The highest BCUT2D eigenvalue weighted by molar-refractivity contribution is 5.91. The molecule has 1 fully saturated rings. The molecule has 1 saturated carbocycles. The van der Waals surface area contributed by atoms with Crippen molar-refractivity contribution >= 4 is 5.97 Å². The molecule has 2 aromatic carbocycles. The van der Waals surface area contributed by atoms with Crippen LogP contribution in [-0.2, 0) is 0 Å². The number of hydrogen-bond donors (Lipinski definition) is 0. The summed E-state index contributed by atoms with van der Waals surface area (Å²) < 4.78 is 31.0. The third-order valence-electron chi connectivity index (χ3n) is 6.90. The second-order valence-corrected chi connectivity index (χ2v) is 9.73. The summed E-state index contributed by atoms with van der Waals surface area (Å²) in [4.78, 5) is 12.4. The molecule has 0 radical (unpaired) electrons. The van der Waals surface area contributed by atoms with E-state index in [0.29, 0.717) is 19.0 Å². The maximum atomic E-state index is 14.3. The summed E-state index contributed by atoms with van der Waals surface area (Å²) in [6.45, 7) is 5.54. The number of hydrogen-bond acceptors (Lipinski definition) is 4. The first-order chi connectivity index (χ1) is 17.1. The van der Waals surface area contributed by atoms with Gasteiger partial charge in [0, 0.05) is 0 Å². The van der Waals surface area contributed by atoms with Gasteiger partial charge in [-0.15, -0.1) is 0 Å². The summed E-state index contributed by atoms with van der Waals surface area (Å²) in [5.41, 5.74) is 0.146. The van der Waals surface area contributed by atoms with Crippen molar-refractivity contribution in [1.82, 2.24) is 0 Å². The summed E-state index contributed by atoms with van der Waals surface area (Å²) >= 11 is 0. The standard InChI is InChI=1S/C30H41FO4/c1-3-5-6-20-34-29-19-14-25(22-28(29)31)30(32)35-27-17-15-26(16-18-27)33-21-7-9-24-12-10-23(8-4-2)11-13-24/h14-19,22-24H,3-13,20-21H2,1-2H3/t23-,24-. The molecule has 3 rings (SSSR count). The van der Waals surface area contributed by atoms with Crippen LogP contribution in [0.15, 0.2) is 42.5 Å². The van der Waals surface area contributed by atoms with Gasteiger partial charge in [-0.25, -0.2) is 9.18 Å². The Balaban J connectivity index is 1.37. The predicted molar refractivity (Wildman–Crippen MR) is 138 cm³/mol. The van der Waals surface area contributed by atoms with Crippen LogP contribution < -0.4 is 14.2 Å². The third-order valence-corrected chi connectivity index (χ3v) is 6.90. The highest BCUT2D eigenvalue weighted by Gasteiger charge is 2.20. The predicted octanol–water partition coefficient (Wildman–Crippen LogP) is 8.38. The van der Waals surface area contributed by atoms with E-state index in [9.17, 15) is 9.18 Å². The van der Waals surface area contributed by atoms with Gasteiger partial charge in [0.1, 0.15) is 11.5 Å². The summed E-state index contributed by atoms with van der Waals surface area (Å²) in [5, 5.41) is 0. The number of halogens is 1. The highest BCUT2D eigenvalue weighted by Crippen LogP contribution is 2.33. The first kappa shape index (κ1) is 27.0. The van der Waals surface area contributed by atoms with Gasteiger partial charge in [-0.1, -0.05) is 65.2 Å². The molecular weight excluding hydrogens is 443 g/mol. The lowest BCUT2D eigenvalue weighted by molar-refractivity contribution is 0.0734. The summed E-state index contributed by atoms with van der Waals surface area (Å²) in [7, 11) is 0. The molecule has 0 N–H and O–H groups in total. The minimum absolute atomic E-state index is 0.146. The number of unbranched alkanes of at least 4 members (excludes halogenated alkanes) is 2. The molecular formula is C30H41FO4. The maximum Gasteiger partial charge on any atom is 0.343 e. The van der Waals surface area contributed by atoms with Crippen LogP contribution in [0.1, 0.15) is 94.8 Å². The van der Waals surface area contributed by atoms with Gasteiger partial charge in [-0.05, 0) is 73.6 Å². The minimum Gasteiger partial charge on any atom is -0.494 e. The first-order valence-electron chi connectivity index (χ1n) is 13.5. The van der Waals surface area contributed by atoms with Crippen molar-refractivity contribution in [3.8, 4) is 17.2 Å². The number of rotatable bonds is 14. The zero-order valence-electron chi connectivity index (χ0n) is 21.4. The number of benzene rings is 2. The lowest BCUT2D eigenvalue weighted by atomic mass is 9.78. The van der Waals surface area contributed by atoms with Crippen LogP contribution in [0.2, 0.25) is 0 Å². The van der Waals surface area contributed by atoms with Crippen LogP contribution in [0.4, 0.5) is 4.39 Å². The van der Waals surface area contributed by atoms with Crippen LogP contribution in [0, 0.1) is 17.7 Å². The van der Waals surface area contributed by atoms with Gasteiger partial charge in [0.25, 0.3) is 0 Å². The largest absolute Gasteiger partial charge is 0.494 e. The molecule has 0 spiro atoms.